The minimum atomic E-state index is -0.169. The number of aromatic nitrogens is 2. The van der Waals surface area contributed by atoms with E-state index in [0.29, 0.717) is 29.2 Å². The predicted octanol–water partition coefficient (Wildman–Crippen LogP) is 3.27. The first-order valence-corrected chi connectivity index (χ1v) is 8.62. The van der Waals surface area contributed by atoms with Gasteiger partial charge < -0.3 is 10.4 Å². The van der Waals surface area contributed by atoms with Crippen LogP contribution >= 0.6 is 11.6 Å². The number of rotatable bonds is 8. The van der Waals surface area contributed by atoms with Gasteiger partial charge in [0.1, 0.15) is 5.69 Å². The minimum Gasteiger partial charge on any atom is -0.396 e. The van der Waals surface area contributed by atoms with Gasteiger partial charge in [-0.15, -0.1) is 0 Å². The number of carbonyl (C=O) groups is 1. The lowest BCUT2D eigenvalue weighted by Gasteiger charge is -2.15. The second-order valence-corrected chi connectivity index (χ2v) is 6.33. The minimum absolute atomic E-state index is 0.137. The molecule has 0 radical (unpaired) electrons. The highest BCUT2D eigenvalue weighted by atomic mass is 35.5. The molecule has 0 fully saturated rings. The first kappa shape index (κ1) is 18.5. The lowest BCUT2D eigenvalue weighted by molar-refractivity contribution is 0.0943. The number of aryl methyl sites for hydroxylation is 1. The van der Waals surface area contributed by atoms with Crippen molar-refractivity contribution >= 4 is 17.5 Å². The molecule has 0 aliphatic carbocycles. The van der Waals surface area contributed by atoms with Crippen molar-refractivity contribution in [2.75, 3.05) is 13.2 Å². The van der Waals surface area contributed by atoms with Crippen molar-refractivity contribution in [2.24, 2.45) is 13.0 Å². The molecule has 0 bridgehead atoms. The zero-order valence-electron chi connectivity index (χ0n) is 14.1. The monoisotopic (exact) mass is 349 g/mol. The van der Waals surface area contributed by atoms with Crippen LogP contribution in [0.1, 0.15) is 36.5 Å². The maximum atomic E-state index is 12.6. The summed E-state index contributed by atoms with van der Waals surface area (Å²) in [6.07, 6.45) is 4.40. The standard InChI is InChI=1S/C18H24ClN3O2/c1-3-6-13(9-10-23)11-20-18(24)15-12-22(2)21-17(15)14-7-4-5-8-16(14)19/h4-5,7-8,12-13,23H,3,6,9-11H2,1-2H3,(H,20,24). The van der Waals surface area contributed by atoms with Crippen molar-refractivity contribution < 1.29 is 9.90 Å². The zero-order valence-corrected chi connectivity index (χ0v) is 14.9. The summed E-state index contributed by atoms with van der Waals surface area (Å²) in [5.74, 6) is 0.112. The number of hydrogen-bond donors (Lipinski definition) is 2. The van der Waals surface area contributed by atoms with Gasteiger partial charge in [0.05, 0.1) is 10.6 Å². The van der Waals surface area contributed by atoms with Crippen LogP contribution in [0.4, 0.5) is 0 Å². The molecule has 130 valence electrons. The van der Waals surface area contributed by atoms with Crippen LogP contribution in [0.15, 0.2) is 30.5 Å². The molecule has 1 amide bonds. The summed E-state index contributed by atoms with van der Waals surface area (Å²) in [7, 11) is 1.78. The number of amides is 1. The summed E-state index contributed by atoms with van der Waals surface area (Å²) in [6.45, 7) is 2.78. The molecule has 6 heteroatoms. The van der Waals surface area contributed by atoms with Crippen molar-refractivity contribution in [3.05, 3.63) is 41.0 Å². The van der Waals surface area contributed by atoms with E-state index in [-0.39, 0.29) is 18.4 Å². The summed E-state index contributed by atoms with van der Waals surface area (Å²) in [5, 5.41) is 17.1. The van der Waals surface area contributed by atoms with E-state index in [9.17, 15) is 4.79 Å². The highest BCUT2D eigenvalue weighted by Gasteiger charge is 2.19. The molecule has 5 nitrogen and oxygen atoms in total. The van der Waals surface area contributed by atoms with Gasteiger partial charge in [-0.3, -0.25) is 9.48 Å². The third-order valence-electron chi connectivity index (χ3n) is 3.99. The number of nitrogens with one attached hydrogen (secondary N) is 1. The third kappa shape index (κ3) is 4.58. The topological polar surface area (TPSA) is 67.2 Å². The maximum Gasteiger partial charge on any atom is 0.255 e. The van der Waals surface area contributed by atoms with Crippen LogP contribution in [0, 0.1) is 5.92 Å². The summed E-state index contributed by atoms with van der Waals surface area (Å²) >= 11 is 6.25. The van der Waals surface area contributed by atoms with Crippen LogP contribution in [-0.2, 0) is 7.05 Å². The number of benzene rings is 1. The Morgan fingerprint density at radius 2 is 2.12 bits per heavy atom. The molecule has 0 aliphatic rings. The average molecular weight is 350 g/mol. The molecule has 1 aromatic carbocycles. The van der Waals surface area contributed by atoms with E-state index >= 15 is 0 Å². The summed E-state index contributed by atoms with van der Waals surface area (Å²) in [5.41, 5.74) is 1.82. The van der Waals surface area contributed by atoms with Crippen LogP contribution in [-0.4, -0.2) is 33.9 Å². The number of carbonyl (C=O) groups excluding carboxylic acids is 1. The van der Waals surface area contributed by atoms with Crippen molar-refractivity contribution in [1.82, 2.24) is 15.1 Å². The van der Waals surface area contributed by atoms with E-state index in [1.165, 1.54) is 0 Å². The Kier molecular flexibility index (Phi) is 6.82. The molecular formula is C18H24ClN3O2. The highest BCUT2D eigenvalue weighted by Crippen LogP contribution is 2.29. The molecule has 2 aromatic rings. The molecule has 1 aromatic heterocycles. The van der Waals surface area contributed by atoms with Crippen molar-refractivity contribution in [3.8, 4) is 11.3 Å². The normalized spacial score (nSPS) is 12.2. The van der Waals surface area contributed by atoms with Crippen molar-refractivity contribution in [3.63, 3.8) is 0 Å². The molecule has 0 spiro atoms. The summed E-state index contributed by atoms with van der Waals surface area (Å²) in [4.78, 5) is 12.6. The Balaban J connectivity index is 2.17. The third-order valence-corrected chi connectivity index (χ3v) is 4.32. The molecule has 24 heavy (non-hydrogen) atoms. The fourth-order valence-corrected chi connectivity index (χ4v) is 3.00. The predicted molar refractivity (Wildman–Crippen MR) is 96.1 cm³/mol. The lowest BCUT2D eigenvalue weighted by Crippen LogP contribution is -2.30. The molecule has 2 rings (SSSR count). The SMILES string of the molecule is CCCC(CCO)CNC(=O)c1cn(C)nc1-c1ccccc1Cl. The molecule has 0 saturated carbocycles. The van der Waals surface area contributed by atoms with Gasteiger partial charge in [0.25, 0.3) is 5.91 Å². The lowest BCUT2D eigenvalue weighted by atomic mass is 10.00. The Morgan fingerprint density at radius 3 is 2.79 bits per heavy atom. The summed E-state index contributed by atoms with van der Waals surface area (Å²) < 4.78 is 1.62. The molecule has 1 heterocycles. The van der Waals surface area contributed by atoms with Gasteiger partial charge in [0, 0.05) is 32.0 Å². The van der Waals surface area contributed by atoms with E-state index in [4.69, 9.17) is 16.7 Å². The molecule has 1 atom stereocenters. The Hall–Kier alpha value is -1.85. The van der Waals surface area contributed by atoms with E-state index in [2.05, 4.69) is 17.3 Å². The van der Waals surface area contributed by atoms with Crippen LogP contribution in [0.5, 0.6) is 0 Å². The van der Waals surface area contributed by atoms with Gasteiger partial charge in [0.15, 0.2) is 0 Å². The Bertz CT molecular complexity index is 679. The van der Waals surface area contributed by atoms with Crippen LogP contribution in [0.3, 0.4) is 0 Å². The van der Waals surface area contributed by atoms with E-state index in [0.717, 1.165) is 18.4 Å². The van der Waals surface area contributed by atoms with E-state index in [1.54, 1.807) is 24.0 Å². The molecule has 1 unspecified atom stereocenters. The summed E-state index contributed by atoms with van der Waals surface area (Å²) in [6, 6.07) is 7.35. The number of nitrogens with zero attached hydrogens (tertiary/aromatic N) is 2. The second-order valence-electron chi connectivity index (χ2n) is 5.92. The fourth-order valence-electron chi connectivity index (χ4n) is 2.78. The smallest absolute Gasteiger partial charge is 0.255 e. The first-order chi connectivity index (χ1) is 11.6. The van der Waals surface area contributed by atoms with Crippen LogP contribution in [0.25, 0.3) is 11.3 Å². The van der Waals surface area contributed by atoms with Crippen LogP contribution < -0.4 is 5.32 Å². The van der Waals surface area contributed by atoms with Gasteiger partial charge in [-0.05, 0) is 24.8 Å². The van der Waals surface area contributed by atoms with Crippen molar-refractivity contribution in [1.29, 1.82) is 0 Å². The van der Waals surface area contributed by atoms with E-state index < -0.39 is 0 Å². The number of hydrogen-bond acceptors (Lipinski definition) is 3. The Labute approximate surface area is 147 Å². The molecular weight excluding hydrogens is 326 g/mol. The molecule has 2 N–H and O–H groups in total. The van der Waals surface area contributed by atoms with E-state index in [1.807, 2.05) is 18.2 Å². The van der Waals surface area contributed by atoms with Crippen LogP contribution in [0.2, 0.25) is 5.02 Å². The van der Waals surface area contributed by atoms with Gasteiger partial charge in [0.2, 0.25) is 0 Å². The van der Waals surface area contributed by atoms with Crippen molar-refractivity contribution in [2.45, 2.75) is 26.2 Å². The second kappa shape index (κ2) is 8.85. The van der Waals surface area contributed by atoms with Gasteiger partial charge >= 0.3 is 0 Å². The van der Waals surface area contributed by atoms with Gasteiger partial charge in [-0.25, -0.2) is 0 Å². The fraction of sp³-hybridized carbons (Fsp3) is 0.444. The highest BCUT2D eigenvalue weighted by molar-refractivity contribution is 6.33. The van der Waals surface area contributed by atoms with Gasteiger partial charge in [-0.1, -0.05) is 43.1 Å². The van der Waals surface area contributed by atoms with Gasteiger partial charge in [-0.2, -0.15) is 5.10 Å². The first-order valence-electron chi connectivity index (χ1n) is 8.24. The number of halogens is 1. The zero-order chi connectivity index (χ0) is 17.5. The average Bonchev–Trinajstić information content (AvgIpc) is 2.95. The molecule has 0 aliphatic heterocycles. The number of aliphatic hydroxyl groups is 1. The Morgan fingerprint density at radius 1 is 1.38 bits per heavy atom. The quantitative estimate of drug-likeness (QED) is 0.768. The molecule has 0 saturated heterocycles. The maximum absolute atomic E-state index is 12.6. The number of aliphatic hydroxyl groups excluding tert-OH is 1. The largest absolute Gasteiger partial charge is 0.396 e.